The zero-order chi connectivity index (χ0) is 20.2. The Morgan fingerprint density at radius 2 is 2.00 bits per heavy atom. The smallest absolute Gasteiger partial charge is 0.368 e. The van der Waals surface area contributed by atoms with Gasteiger partial charge in [-0.15, -0.1) is 0 Å². The number of tetrazole rings is 1. The number of aromatic nitrogens is 4. The zero-order valence-corrected chi connectivity index (χ0v) is 16.4. The highest BCUT2D eigenvalue weighted by Gasteiger charge is 2.24. The van der Waals surface area contributed by atoms with Gasteiger partial charge < -0.3 is 5.32 Å². The highest BCUT2D eigenvalue weighted by Crippen LogP contribution is 2.28. The highest BCUT2D eigenvalue weighted by atomic mass is 35.5. The van der Waals surface area contributed by atoms with Crippen molar-refractivity contribution in [2.45, 2.75) is 38.6 Å². The molecule has 1 aromatic carbocycles. The predicted molar refractivity (Wildman–Crippen MR) is 98.3 cm³/mol. The Balaban J connectivity index is 2.45. The minimum Gasteiger partial charge on any atom is -0.368 e. The van der Waals surface area contributed by atoms with E-state index in [1.165, 1.54) is 13.0 Å². The van der Waals surface area contributed by atoms with Crippen LogP contribution in [0.15, 0.2) is 16.9 Å². The molecule has 0 bridgehead atoms. The molecule has 0 fully saturated rings. The third-order valence-corrected chi connectivity index (χ3v) is 6.37. The lowest BCUT2D eigenvalue weighted by molar-refractivity contribution is 0.427. The van der Waals surface area contributed by atoms with E-state index in [0.29, 0.717) is 4.68 Å². The summed E-state index contributed by atoms with van der Waals surface area (Å²) >= 11 is 6.03. The zero-order valence-electron chi connectivity index (χ0n) is 14.8. The number of halogens is 3. The van der Waals surface area contributed by atoms with Gasteiger partial charge in [-0.1, -0.05) is 25.4 Å². The van der Waals surface area contributed by atoms with E-state index in [0.717, 1.165) is 10.7 Å². The van der Waals surface area contributed by atoms with Gasteiger partial charge in [-0.2, -0.15) is 9.36 Å². The maximum atomic E-state index is 14.3. The standard InChI is InChI=1S/C15H20ClF2N5O3S/c1-3-14(27(25,26)4-2)19-12-9-13(11(18)8-10(12)16)23-15(24)22(20-21-23)7-5-6-17/h8-9,14,19H,3-7H2,1-2H3. The van der Waals surface area contributed by atoms with E-state index >= 15 is 0 Å². The van der Waals surface area contributed by atoms with Crippen molar-refractivity contribution in [2.24, 2.45) is 0 Å². The predicted octanol–water partition coefficient (Wildman–Crippen LogP) is 2.16. The summed E-state index contributed by atoms with van der Waals surface area (Å²) in [5.41, 5.74) is -0.854. The van der Waals surface area contributed by atoms with E-state index in [9.17, 15) is 22.0 Å². The van der Waals surface area contributed by atoms with Crippen molar-refractivity contribution < 1.29 is 17.2 Å². The Kier molecular flexibility index (Phi) is 6.93. The summed E-state index contributed by atoms with van der Waals surface area (Å²) in [5, 5.41) is 9.00. The number of nitrogens with one attached hydrogen (secondary N) is 1. The molecule has 0 aliphatic carbocycles. The summed E-state index contributed by atoms with van der Waals surface area (Å²) in [6, 6.07) is 2.15. The molecule has 0 amide bonds. The van der Waals surface area contributed by atoms with Gasteiger partial charge in [0.25, 0.3) is 0 Å². The SMILES string of the molecule is CCC(Nc1cc(-n2nnn(CCCF)c2=O)c(F)cc1Cl)S(=O)(=O)CC. The first-order chi connectivity index (χ1) is 12.7. The summed E-state index contributed by atoms with van der Waals surface area (Å²) in [7, 11) is -3.43. The molecule has 150 valence electrons. The monoisotopic (exact) mass is 423 g/mol. The number of benzene rings is 1. The van der Waals surface area contributed by atoms with Crippen molar-refractivity contribution in [3.63, 3.8) is 0 Å². The van der Waals surface area contributed by atoms with Gasteiger partial charge in [0.1, 0.15) is 11.1 Å². The fourth-order valence-electron chi connectivity index (χ4n) is 2.41. The first kappa shape index (κ1) is 21.3. The van der Waals surface area contributed by atoms with Gasteiger partial charge in [-0.3, -0.25) is 4.39 Å². The molecule has 0 saturated heterocycles. The van der Waals surface area contributed by atoms with Gasteiger partial charge in [0, 0.05) is 5.75 Å². The second kappa shape index (κ2) is 8.79. The highest BCUT2D eigenvalue weighted by molar-refractivity contribution is 7.92. The maximum Gasteiger partial charge on any atom is 0.368 e. The average molecular weight is 424 g/mol. The van der Waals surface area contributed by atoms with Crippen LogP contribution in [0.3, 0.4) is 0 Å². The van der Waals surface area contributed by atoms with Crippen molar-refractivity contribution in [2.75, 3.05) is 17.7 Å². The number of anilines is 1. The van der Waals surface area contributed by atoms with E-state index < -0.39 is 33.4 Å². The summed E-state index contributed by atoms with van der Waals surface area (Å²) in [6.45, 7) is 2.58. The fraction of sp³-hybridized carbons (Fsp3) is 0.533. The molecule has 1 unspecified atom stereocenters. The molecule has 2 aromatic rings. The lowest BCUT2D eigenvalue weighted by Crippen LogP contribution is -2.30. The van der Waals surface area contributed by atoms with Crippen LogP contribution in [0.5, 0.6) is 0 Å². The molecule has 0 saturated carbocycles. The molecule has 1 N–H and O–H groups in total. The summed E-state index contributed by atoms with van der Waals surface area (Å²) in [5.74, 6) is -0.913. The molecule has 2 rings (SSSR count). The van der Waals surface area contributed by atoms with Crippen LogP contribution < -0.4 is 11.0 Å². The number of nitrogens with zero attached hydrogens (tertiary/aromatic N) is 4. The number of alkyl halides is 1. The van der Waals surface area contributed by atoms with Gasteiger partial charge in [-0.25, -0.2) is 17.6 Å². The summed E-state index contributed by atoms with van der Waals surface area (Å²) in [4.78, 5) is 12.3. The van der Waals surface area contributed by atoms with E-state index in [2.05, 4.69) is 15.7 Å². The van der Waals surface area contributed by atoms with Gasteiger partial charge in [0.2, 0.25) is 0 Å². The Morgan fingerprint density at radius 1 is 1.30 bits per heavy atom. The lowest BCUT2D eigenvalue weighted by Gasteiger charge is -2.19. The van der Waals surface area contributed by atoms with Gasteiger partial charge >= 0.3 is 5.69 Å². The minimum atomic E-state index is -3.43. The number of rotatable bonds is 9. The molecule has 1 aromatic heterocycles. The first-order valence-corrected chi connectivity index (χ1v) is 10.4. The van der Waals surface area contributed by atoms with Gasteiger partial charge in [-0.05, 0) is 35.4 Å². The van der Waals surface area contributed by atoms with Crippen molar-refractivity contribution in [3.05, 3.63) is 33.5 Å². The second-order valence-electron chi connectivity index (χ2n) is 5.72. The van der Waals surface area contributed by atoms with Crippen molar-refractivity contribution in [3.8, 4) is 5.69 Å². The number of hydrogen-bond donors (Lipinski definition) is 1. The Morgan fingerprint density at radius 3 is 2.59 bits per heavy atom. The van der Waals surface area contributed by atoms with Crippen LogP contribution in [0.1, 0.15) is 26.7 Å². The number of hydrogen-bond acceptors (Lipinski definition) is 6. The topological polar surface area (TPSA) is 98.9 Å². The number of aryl methyl sites for hydroxylation is 1. The molecule has 1 atom stereocenters. The second-order valence-corrected chi connectivity index (χ2v) is 8.59. The maximum absolute atomic E-state index is 14.3. The molecule has 12 heteroatoms. The van der Waals surface area contributed by atoms with Gasteiger partial charge in [0.15, 0.2) is 15.7 Å². The Labute approximate surface area is 160 Å². The molecule has 0 spiro atoms. The largest absolute Gasteiger partial charge is 0.368 e. The third kappa shape index (κ3) is 4.64. The van der Waals surface area contributed by atoms with Crippen LogP contribution in [0.25, 0.3) is 5.69 Å². The molecule has 0 aliphatic rings. The molecule has 0 aliphatic heterocycles. The van der Waals surface area contributed by atoms with E-state index in [4.69, 9.17) is 11.6 Å². The van der Waals surface area contributed by atoms with Crippen LogP contribution in [0.4, 0.5) is 14.5 Å². The normalized spacial score (nSPS) is 12.9. The van der Waals surface area contributed by atoms with Crippen LogP contribution in [0.2, 0.25) is 5.02 Å². The Hall–Kier alpha value is -2.01. The average Bonchev–Trinajstić information content (AvgIpc) is 2.99. The van der Waals surface area contributed by atoms with Crippen molar-refractivity contribution >= 4 is 27.1 Å². The molecule has 27 heavy (non-hydrogen) atoms. The molecular formula is C15H20ClF2N5O3S. The van der Waals surface area contributed by atoms with Crippen molar-refractivity contribution in [1.82, 2.24) is 19.8 Å². The summed E-state index contributed by atoms with van der Waals surface area (Å²) < 4.78 is 52.5. The van der Waals surface area contributed by atoms with E-state index in [1.54, 1.807) is 6.92 Å². The first-order valence-electron chi connectivity index (χ1n) is 8.31. The van der Waals surface area contributed by atoms with Gasteiger partial charge in [0.05, 0.1) is 23.9 Å². The molecule has 1 heterocycles. The third-order valence-electron chi connectivity index (χ3n) is 3.93. The molecule has 8 nitrogen and oxygen atoms in total. The summed E-state index contributed by atoms with van der Waals surface area (Å²) in [6.07, 6.45) is 0.333. The van der Waals surface area contributed by atoms with Crippen LogP contribution in [-0.2, 0) is 16.4 Å². The van der Waals surface area contributed by atoms with Crippen LogP contribution in [-0.4, -0.2) is 46.0 Å². The fourth-order valence-corrected chi connectivity index (χ4v) is 3.83. The van der Waals surface area contributed by atoms with E-state index in [-0.39, 0.29) is 41.5 Å². The number of sulfone groups is 1. The van der Waals surface area contributed by atoms with E-state index in [1.807, 2.05) is 0 Å². The molecule has 0 radical (unpaired) electrons. The molecular weight excluding hydrogens is 404 g/mol. The quantitative estimate of drug-likeness (QED) is 0.663. The lowest BCUT2D eigenvalue weighted by atomic mass is 10.2. The minimum absolute atomic E-state index is 0.00228. The van der Waals surface area contributed by atoms with Crippen LogP contribution in [0, 0.1) is 5.82 Å². The Bertz CT molecular complexity index is 961. The van der Waals surface area contributed by atoms with Crippen molar-refractivity contribution in [1.29, 1.82) is 0 Å². The van der Waals surface area contributed by atoms with Crippen LogP contribution >= 0.6 is 11.6 Å².